The van der Waals surface area contributed by atoms with E-state index in [1.54, 1.807) is 0 Å². The number of aryl methyl sites for hydroxylation is 1. The summed E-state index contributed by atoms with van der Waals surface area (Å²) in [6.07, 6.45) is 1.93. The molecule has 1 atom stereocenters. The Morgan fingerprint density at radius 2 is 1.68 bits per heavy atom. The number of rotatable bonds is 3. The summed E-state index contributed by atoms with van der Waals surface area (Å²) in [6, 6.07) is 26.6. The molecule has 0 spiro atoms. The van der Waals surface area contributed by atoms with Gasteiger partial charge in [0.2, 0.25) is 0 Å². The van der Waals surface area contributed by atoms with Crippen LogP contribution >= 0.6 is 24.0 Å². The summed E-state index contributed by atoms with van der Waals surface area (Å²) >= 11 is 6.49. The van der Waals surface area contributed by atoms with Crippen molar-refractivity contribution in [3.8, 4) is 5.75 Å². The van der Waals surface area contributed by atoms with E-state index in [-0.39, 0.29) is 11.8 Å². The molecule has 2 aliphatic heterocycles. The van der Waals surface area contributed by atoms with Crippen LogP contribution in [0.1, 0.15) is 28.2 Å². The molecule has 3 nitrogen and oxygen atoms in total. The predicted octanol–water partition coefficient (Wildman–Crippen LogP) is 5.96. The zero-order chi connectivity index (χ0) is 21.4. The Morgan fingerprint density at radius 3 is 2.39 bits per heavy atom. The third-order valence-corrected chi connectivity index (χ3v) is 6.55. The van der Waals surface area contributed by atoms with Crippen molar-refractivity contribution in [1.82, 2.24) is 5.32 Å². The van der Waals surface area contributed by atoms with Crippen molar-refractivity contribution in [2.45, 2.75) is 12.8 Å². The Bertz CT molecular complexity index is 1240. The van der Waals surface area contributed by atoms with Crippen LogP contribution < -0.4 is 10.1 Å². The number of nitrogens with one attached hydrogen (secondary N) is 1. The van der Waals surface area contributed by atoms with Crippen LogP contribution in [-0.2, 0) is 4.79 Å². The number of carbonyl (C=O) groups excluding carboxylic acids is 1. The molecule has 5 rings (SSSR count). The van der Waals surface area contributed by atoms with Crippen molar-refractivity contribution in [2.75, 3.05) is 0 Å². The van der Waals surface area contributed by atoms with Gasteiger partial charge in [-0.2, -0.15) is 0 Å². The van der Waals surface area contributed by atoms with Crippen molar-refractivity contribution in [2.24, 2.45) is 0 Å². The van der Waals surface area contributed by atoms with E-state index in [0.29, 0.717) is 9.23 Å². The summed E-state index contributed by atoms with van der Waals surface area (Å²) in [7, 11) is 0. The van der Waals surface area contributed by atoms with Gasteiger partial charge < -0.3 is 10.1 Å². The van der Waals surface area contributed by atoms with Crippen molar-refractivity contribution < 1.29 is 9.53 Å². The fraction of sp³-hybridized carbons (Fsp3) is 0.0769. The lowest BCUT2D eigenvalue weighted by molar-refractivity contribution is -0.115. The molecule has 152 valence electrons. The van der Waals surface area contributed by atoms with Gasteiger partial charge in [-0.25, -0.2) is 0 Å². The Hall–Kier alpha value is -3.15. The molecule has 0 radical (unpaired) electrons. The third kappa shape index (κ3) is 3.82. The molecule has 1 amide bonds. The van der Waals surface area contributed by atoms with Crippen LogP contribution in [0.25, 0.3) is 5.76 Å². The lowest BCUT2D eigenvalue weighted by Crippen LogP contribution is -2.19. The average Bonchev–Trinajstić information content (AvgIpc) is 3.11. The molecule has 2 aliphatic rings. The first-order chi connectivity index (χ1) is 15.1. The van der Waals surface area contributed by atoms with Gasteiger partial charge in [-0.1, -0.05) is 102 Å². The minimum absolute atomic E-state index is 0.0733. The highest BCUT2D eigenvalue weighted by molar-refractivity contribution is 8.26. The molecule has 31 heavy (non-hydrogen) atoms. The SMILES string of the molecule is Cc1ccc([C@@H]2C(/C=C3/SC(=S)NC3=O)=C(c3ccccc3)Oc3ccccc32)cc1. The molecular formula is C26H19NO2S2. The Kier molecular flexibility index (Phi) is 5.22. The van der Waals surface area contributed by atoms with E-state index in [9.17, 15) is 4.79 Å². The minimum Gasteiger partial charge on any atom is -0.456 e. The van der Waals surface area contributed by atoms with Crippen LogP contribution in [0.2, 0.25) is 0 Å². The van der Waals surface area contributed by atoms with Gasteiger partial charge in [-0.3, -0.25) is 4.79 Å². The highest BCUT2D eigenvalue weighted by Crippen LogP contribution is 2.47. The summed E-state index contributed by atoms with van der Waals surface area (Å²) in [5.41, 5.74) is 5.33. The number of allylic oxidation sites excluding steroid dienone is 2. The second-order valence-electron chi connectivity index (χ2n) is 7.49. The fourth-order valence-electron chi connectivity index (χ4n) is 3.92. The maximum Gasteiger partial charge on any atom is 0.263 e. The molecule has 0 aliphatic carbocycles. The molecule has 2 heterocycles. The number of thioether (sulfide) groups is 1. The highest BCUT2D eigenvalue weighted by atomic mass is 32.2. The lowest BCUT2D eigenvalue weighted by atomic mass is 9.81. The molecular weight excluding hydrogens is 422 g/mol. The summed E-state index contributed by atoms with van der Waals surface area (Å²) < 4.78 is 6.91. The van der Waals surface area contributed by atoms with E-state index in [1.165, 1.54) is 17.3 Å². The zero-order valence-corrected chi connectivity index (χ0v) is 18.4. The quantitative estimate of drug-likeness (QED) is 0.402. The molecule has 0 saturated carbocycles. The van der Waals surface area contributed by atoms with Gasteiger partial charge in [-0.15, -0.1) is 0 Å². The molecule has 3 aromatic carbocycles. The van der Waals surface area contributed by atoms with E-state index >= 15 is 0 Å². The molecule has 1 N–H and O–H groups in total. The Balaban J connectivity index is 1.78. The Labute approximate surface area is 190 Å². The van der Waals surface area contributed by atoms with Crippen LogP contribution in [0.15, 0.2) is 95.4 Å². The van der Waals surface area contributed by atoms with Crippen LogP contribution in [0.5, 0.6) is 5.75 Å². The molecule has 0 unspecified atom stereocenters. The number of hydrogen-bond acceptors (Lipinski definition) is 4. The maximum atomic E-state index is 12.5. The van der Waals surface area contributed by atoms with Gasteiger partial charge in [-0.05, 0) is 24.6 Å². The normalized spacial score (nSPS) is 19.3. The second kappa shape index (κ2) is 8.17. The lowest BCUT2D eigenvalue weighted by Gasteiger charge is -2.30. The van der Waals surface area contributed by atoms with Crippen molar-refractivity contribution in [3.63, 3.8) is 0 Å². The van der Waals surface area contributed by atoms with Gasteiger partial charge in [0.1, 0.15) is 15.8 Å². The van der Waals surface area contributed by atoms with Gasteiger partial charge >= 0.3 is 0 Å². The largest absolute Gasteiger partial charge is 0.456 e. The first-order valence-corrected chi connectivity index (χ1v) is 11.2. The number of fused-ring (bicyclic) bond motifs is 1. The van der Waals surface area contributed by atoms with E-state index in [2.05, 4.69) is 42.6 Å². The number of carbonyl (C=O) groups is 1. The van der Waals surface area contributed by atoms with E-state index in [0.717, 1.165) is 33.8 Å². The summed E-state index contributed by atoms with van der Waals surface area (Å²) in [5.74, 6) is 1.34. The zero-order valence-electron chi connectivity index (χ0n) is 16.8. The van der Waals surface area contributed by atoms with Crippen molar-refractivity contribution in [1.29, 1.82) is 0 Å². The number of thiocarbonyl (C=S) groups is 1. The topological polar surface area (TPSA) is 38.3 Å². The number of ether oxygens (including phenoxy) is 1. The number of benzene rings is 3. The van der Waals surface area contributed by atoms with Gasteiger partial charge in [0.05, 0.1) is 4.91 Å². The van der Waals surface area contributed by atoms with E-state index < -0.39 is 0 Å². The van der Waals surface area contributed by atoms with Crippen molar-refractivity contribution in [3.05, 3.63) is 118 Å². The van der Waals surface area contributed by atoms with Gasteiger partial charge in [0, 0.05) is 22.6 Å². The third-order valence-electron chi connectivity index (χ3n) is 5.39. The Morgan fingerprint density at radius 1 is 0.968 bits per heavy atom. The standard InChI is InChI=1S/C26H19NO2S2/c1-16-11-13-17(14-12-16)23-19-9-5-6-10-21(19)29-24(18-7-3-2-4-8-18)20(23)15-22-25(28)27-26(30)31-22/h2-15,23H,1H3,(H,27,28,30)/b22-15+/t23-/m0/s1. The van der Waals surface area contributed by atoms with Gasteiger partial charge in [0.15, 0.2) is 0 Å². The summed E-state index contributed by atoms with van der Waals surface area (Å²) in [5, 5.41) is 2.72. The average molecular weight is 442 g/mol. The van der Waals surface area contributed by atoms with Crippen LogP contribution in [0, 0.1) is 6.92 Å². The minimum atomic E-state index is -0.170. The fourth-order valence-corrected chi connectivity index (χ4v) is 4.96. The first-order valence-electron chi connectivity index (χ1n) is 9.98. The monoisotopic (exact) mass is 441 g/mol. The highest BCUT2D eigenvalue weighted by Gasteiger charge is 2.32. The number of amides is 1. The van der Waals surface area contributed by atoms with Gasteiger partial charge in [0.25, 0.3) is 5.91 Å². The molecule has 5 heteroatoms. The summed E-state index contributed by atoms with van der Waals surface area (Å²) in [4.78, 5) is 13.1. The van der Waals surface area contributed by atoms with Crippen LogP contribution in [-0.4, -0.2) is 10.2 Å². The smallest absolute Gasteiger partial charge is 0.263 e. The summed E-state index contributed by atoms with van der Waals surface area (Å²) in [6.45, 7) is 2.08. The van der Waals surface area contributed by atoms with Crippen molar-refractivity contribution >= 4 is 40.0 Å². The molecule has 0 bridgehead atoms. The number of para-hydroxylation sites is 1. The maximum absolute atomic E-state index is 12.5. The first kappa shape index (κ1) is 19.8. The molecule has 1 saturated heterocycles. The number of hydrogen-bond donors (Lipinski definition) is 1. The van der Waals surface area contributed by atoms with E-state index in [4.69, 9.17) is 17.0 Å². The predicted molar refractivity (Wildman–Crippen MR) is 130 cm³/mol. The molecule has 0 aromatic heterocycles. The molecule has 1 fully saturated rings. The molecule has 3 aromatic rings. The van der Waals surface area contributed by atoms with Crippen LogP contribution in [0.3, 0.4) is 0 Å². The van der Waals surface area contributed by atoms with Crippen LogP contribution in [0.4, 0.5) is 0 Å². The van der Waals surface area contributed by atoms with E-state index in [1.807, 2.05) is 54.6 Å². The second-order valence-corrected chi connectivity index (χ2v) is 9.21.